The smallest absolute Gasteiger partial charge is 0.242 e. The summed E-state index contributed by atoms with van der Waals surface area (Å²) in [5.74, 6) is 0.140. The van der Waals surface area contributed by atoms with Crippen molar-refractivity contribution < 1.29 is 14.0 Å². The van der Waals surface area contributed by atoms with E-state index < -0.39 is 6.04 Å². The molecule has 1 unspecified atom stereocenters. The van der Waals surface area contributed by atoms with Gasteiger partial charge in [-0.3, -0.25) is 9.59 Å². The third kappa shape index (κ3) is 6.09. The van der Waals surface area contributed by atoms with Gasteiger partial charge in [0.25, 0.3) is 0 Å². The van der Waals surface area contributed by atoms with Crippen molar-refractivity contribution in [2.75, 3.05) is 12.3 Å². The van der Waals surface area contributed by atoms with Crippen LogP contribution < -0.4 is 5.32 Å². The number of hydrogen-bond acceptors (Lipinski definition) is 3. The van der Waals surface area contributed by atoms with E-state index in [1.807, 2.05) is 38.1 Å². The van der Waals surface area contributed by atoms with Crippen molar-refractivity contribution in [3.05, 3.63) is 71.0 Å². The van der Waals surface area contributed by atoms with Crippen molar-refractivity contribution in [3.8, 4) is 0 Å². The molecule has 0 aliphatic heterocycles. The van der Waals surface area contributed by atoms with Gasteiger partial charge >= 0.3 is 0 Å². The fraction of sp³-hybridized carbons (Fsp3) is 0.364. The second-order valence-corrected chi connectivity index (χ2v) is 7.59. The Bertz CT molecular complexity index is 813. The Balaban J connectivity index is 2.08. The Kier molecular flexibility index (Phi) is 8.51. The lowest BCUT2D eigenvalue weighted by molar-refractivity contribution is -0.138. The van der Waals surface area contributed by atoms with E-state index in [0.717, 1.165) is 0 Å². The maximum atomic E-state index is 14.1. The van der Waals surface area contributed by atoms with Crippen LogP contribution in [0.4, 0.5) is 4.39 Å². The second kappa shape index (κ2) is 10.9. The molecule has 0 aliphatic carbocycles. The number of thioether (sulfide) groups is 1. The SMILES string of the molecule is CCNC(=O)C(C)N(Cc1ccccc1F)C(=O)CSCc1ccccc1C. The topological polar surface area (TPSA) is 49.4 Å². The van der Waals surface area contributed by atoms with Crippen molar-refractivity contribution in [1.29, 1.82) is 0 Å². The van der Waals surface area contributed by atoms with E-state index in [1.54, 1.807) is 25.1 Å². The standard InChI is InChI=1S/C22H27FN2O2S/c1-4-24-22(27)17(3)25(13-18-10-7-8-12-20(18)23)21(26)15-28-14-19-11-6-5-9-16(19)2/h5-12,17H,4,13-15H2,1-3H3,(H,24,27). The number of carbonyl (C=O) groups excluding carboxylic acids is 2. The summed E-state index contributed by atoms with van der Waals surface area (Å²) < 4.78 is 14.1. The van der Waals surface area contributed by atoms with Crippen LogP contribution in [-0.4, -0.2) is 35.1 Å². The van der Waals surface area contributed by atoms with Gasteiger partial charge in [0.05, 0.1) is 5.75 Å². The molecule has 0 spiro atoms. The van der Waals surface area contributed by atoms with Crippen LogP contribution in [0.2, 0.25) is 0 Å². The first-order chi connectivity index (χ1) is 13.4. The Morgan fingerprint density at radius 2 is 1.75 bits per heavy atom. The van der Waals surface area contributed by atoms with Crippen LogP contribution >= 0.6 is 11.8 Å². The van der Waals surface area contributed by atoms with Gasteiger partial charge in [0.1, 0.15) is 11.9 Å². The van der Waals surface area contributed by atoms with Gasteiger partial charge < -0.3 is 10.2 Å². The molecule has 2 aromatic carbocycles. The lowest BCUT2D eigenvalue weighted by Crippen LogP contribution is -2.48. The fourth-order valence-electron chi connectivity index (χ4n) is 2.82. The van der Waals surface area contributed by atoms with Gasteiger partial charge in [-0.1, -0.05) is 42.5 Å². The highest BCUT2D eigenvalue weighted by molar-refractivity contribution is 7.99. The Morgan fingerprint density at radius 3 is 2.39 bits per heavy atom. The molecule has 0 bridgehead atoms. The van der Waals surface area contributed by atoms with Crippen LogP contribution in [0.5, 0.6) is 0 Å². The largest absolute Gasteiger partial charge is 0.355 e. The fourth-order valence-corrected chi connectivity index (χ4v) is 3.80. The molecule has 0 saturated heterocycles. The number of aryl methyl sites for hydroxylation is 1. The molecule has 0 heterocycles. The first-order valence-electron chi connectivity index (χ1n) is 9.36. The van der Waals surface area contributed by atoms with Crippen LogP contribution in [-0.2, 0) is 21.9 Å². The van der Waals surface area contributed by atoms with E-state index in [-0.39, 0.29) is 29.9 Å². The highest BCUT2D eigenvalue weighted by Gasteiger charge is 2.26. The maximum absolute atomic E-state index is 14.1. The molecule has 28 heavy (non-hydrogen) atoms. The lowest BCUT2D eigenvalue weighted by Gasteiger charge is -2.28. The van der Waals surface area contributed by atoms with Crippen LogP contribution in [0.15, 0.2) is 48.5 Å². The number of hydrogen-bond donors (Lipinski definition) is 1. The summed E-state index contributed by atoms with van der Waals surface area (Å²) in [6.45, 7) is 6.09. The van der Waals surface area contributed by atoms with Gasteiger partial charge in [-0.2, -0.15) is 0 Å². The Labute approximate surface area is 170 Å². The number of carbonyl (C=O) groups is 2. The number of amides is 2. The highest BCUT2D eigenvalue weighted by Crippen LogP contribution is 2.19. The zero-order chi connectivity index (χ0) is 20.5. The number of halogens is 1. The van der Waals surface area contributed by atoms with Crippen LogP contribution in [0, 0.1) is 12.7 Å². The van der Waals surface area contributed by atoms with Crippen molar-refractivity contribution in [1.82, 2.24) is 10.2 Å². The highest BCUT2D eigenvalue weighted by atomic mass is 32.2. The van der Waals surface area contributed by atoms with Crippen molar-refractivity contribution in [3.63, 3.8) is 0 Å². The lowest BCUT2D eigenvalue weighted by atomic mass is 10.1. The summed E-state index contributed by atoms with van der Waals surface area (Å²) in [4.78, 5) is 26.6. The molecule has 0 aliphatic rings. The minimum atomic E-state index is -0.675. The molecule has 0 saturated carbocycles. The Morgan fingerprint density at radius 1 is 1.11 bits per heavy atom. The van der Waals surface area contributed by atoms with E-state index in [4.69, 9.17) is 0 Å². The normalized spacial score (nSPS) is 11.7. The molecular formula is C22H27FN2O2S. The van der Waals surface area contributed by atoms with Crippen molar-refractivity contribution >= 4 is 23.6 Å². The van der Waals surface area contributed by atoms with E-state index in [9.17, 15) is 14.0 Å². The molecule has 1 N–H and O–H groups in total. The summed E-state index contributed by atoms with van der Waals surface area (Å²) in [6.07, 6.45) is 0. The molecule has 0 fully saturated rings. The van der Waals surface area contributed by atoms with E-state index in [0.29, 0.717) is 17.9 Å². The number of nitrogens with one attached hydrogen (secondary N) is 1. The summed E-state index contributed by atoms with van der Waals surface area (Å²) >= 11 is 1.50. The van der Waals surface area contributed by atoms with Gasteiger partial charge in [-0.15, -0.1) is 11.8 Å². The van der Waals surface area contributed by atoms with Crippen LogP contribution in [0.25, 0.3) is 0 Å². The third-order valence-corrected chi connectivity index (χ3v) is 5.53. The first-order valence-corrected chi connectivity index (χ1v) is 10.5. The average Bonchev–Trinajstić information content (AvgIpc) is 2.68. The number of benzene rings is 2. The van der Waals surface area contributed by atoms with Gasteiger partial charge in [0, 0.05) is 24.4 Å². The number of nitrogens with zero attached hydrogens (tertiary/aromatic N) is 1. The Hall–Kier alpha value is -2.34. The monoisotopic (exact) mass is 402 g/mol. The van der Waals surface area contributed by atoms with E-state index in [2.05, 4.69) is 5.32 Å². The molecular weight excluding hydrogens is 375 g/mol. The molecule has 4 nitrogen and oxygen atoms in total. The first kappa shape index (κ1) is 22.0. The molecule has 2 amide bonds. The van der Waals surface area contributed by atoms with Crippen LogP contribution in [0.3, 0.4) is 0 Å². The molecule has 0 aromatic heterocycles. The predicted octanol–water partition coefficient (Wildman–Crippen LogP) is 3.92. The van der Waals surface area contributed by atoms with Gasteiger partial charge in [-0.25, -0.2) is 4.39 Å². The molecule has 6 heteroatoms. The summed E-state index contributed by atoms with van der Waals surface area (Å²) in [5.41, 5.74) is 2.76. The zero-order valence-corrected chi connectivity index (χ0v) is 17.4. The summed E-state index contributed by atoms with van der Waals surface area (Å²) in [7, 11) is 0. The minimum absolute atomic E-state index is 0.0642. The molecule has 2 aromatic rings. The minimum Gasteiger partial charge on any atom is -0.355 e. The van der Waals surface area contributed by atoms with Crippen molar-refractivity contribution in [2.24, 2.45) is 0 Å². The zero-order valence-electron chi connectivity index (χ0n) is 16.6. The van der Waals surface area contributed by atoms with Crippen molar-refractivity contribution in [2.45, 2.75) is 39.1 Å². The maximum Gasteiger partial charge on any atom is 0.242 e. The van der Waals surface area contributed by atoms with E-state index >= 15 is 0 Å². The molecule has 2 rings (SSSR count). The van der Waals surface area contributed by atoms with Gasteiger partial charge in [0.2, 0.25) is 11.8 Å². The number of likely N-dealkylation sites (N-methyl/N-ethyl adjacent to an activating group) is 1. The summed E-state index contributed by atoms with van der Waals surface area (Å²) in [5, 5.41) is 2.74. The van der Waals surface area contributed by atoms with Gasteiger partial charge in [-0.05, 0) is 38.0 Å². The third-order valence-electron chi connectivity index (χ3n) is 4.56. The summed E-state index contributed by atoms with van der Waals surface area (Å²) in [6, 6.07) is 13.7. The average molecular weight is 403 g/mol. The van der Waals surface area contributed by atoms with Crippen LogP contribution in [0.1, 0.15) is 30.5 Å². The molecule has 1 atom stereocenters. The number of rotatable bonds is 9. The molecule has 150 valence electrons. The predicted molar refractivity (Wildman–Crippen MR) is 112 cm³/mol. The van der Waals surface area contributed by atoms with E-state index in [1.165, 1.54) is 33.9 Å². The van der Waals surface area contributed by atoms with Gasteiger partial charge in [0.15, 0.2) is 0 Å². The quantitative estimate of drug-likeness (QED) is 0.692. The molecule has 0 radical (unpaired) electrons. The second-order valence-electron chi connectivity index (χ2n) is 6.60.